The van der Waals surface area contributed by atoms with E-state index >= 15 is 0 Å². The highest BCUT2D eigenvalue weighted by molar-refractivity contribution is 6.07. The van der Waals surface area contributed by atoms with Gasteiger partial charge in [-0.25, -0.2) is 9.59 Å². The third kappa shape index (κ3) is 2.94. The van der Waals surface area contributed by atoms with Gasteiger partial charge in [0.05, 0.1) is 0 Å². The van der Waals surface area contributed by atoms with Crippen molar-refractivity contribution < 1.29 is 19.8 Å². The number of hydrogen-bond donors (Lipinski definition) is 4. The molecule has 8 heteroatoms. The number of hydrogen-bond acceptors (Lipinski definition) is 5. The first kappa shape index (κ1) is 17.1. The summed E-state index contributed by atoms with van der Waals surface area (Å²) in [4.78, 5) is 39.0. The fraction of sp³-hybridized carbons (Fsp3) is 0.188. The molecule has 1 aromatic heterocycles. The fourth-order valence-corrected chi connectivity index (χ4v) is 2.40. The van der Waals surface area contributed by atoms with Crippen LogP contribution in [0.4, 0.5) is 11.5 Å². The van der Waals surface area contributed by atoms with E-state index in [2.05, 4.69) is 4.98 Å². The molecule has 0 aliphatic rings. The zero-order valence-corrected chi connectivity index (χ0v) is 13.2. The van der Waals surface area contributed by atoms with Gasteiger partial charge in [-0.05, 0) is 24.6 Å². The maximum atomic E-state index is 12.0. The number of nitrogens with zero attached hydrogens (tertiary/aromatic N) is 1. The number of aromatic nitrogens is 1. The lowest BCUT2D eigenvalue weighted by molar-refractivity contribution is 0.0695. The van der Waals surface area contributed by atoms with E-state index in [-0.39, 0.29) is 16.9 Å². The molecule has 0 aliphatic carbocycles. The molecule has 2 aromatic rings. The summed E-state index contributed by atoms with van der Waals surface area (Å²) in [5, 5.41) is 18.7. The van der Waals surface area contributed by atoms with Crippen molar-refractivity contribution in [2.24, 2.45) is 0 Å². The van der Waals surface area contributed by atoms with Crippen LogP contribution in [0.15, 0.2) is 29.1 Å². The molecular weight excluding hydrogens is 314 g/mol. The smallest absolute Gasteiger partial charge is 0.342 e. The number of H-pyrrole nitrogens is 1. The van der Waals surface area contributed by atoms with Crippen molar-refractivity contribution in [1.82, 2.24) is 4.98 Å². The van der Waals surface area contributed by atoms with Gasteiger partial charge in [0.25, 0.3) is 5.56 Å². The average molecular weight is 331 g/mol. The lowest BCUT2D eigenvalue weighted by Gasteiger charge is -2.18. The summed E-state index contributed by atoms with van der Waals surface area (Å²) in [6.45, 7) is 2.73. The summed E-state index contributed by atoms with van der Waals surface area (Å²) in [6.07, 6.45) is 0. The van der Waals surface area contributed by atoms with Crippen LogP contribution in [0.3, 0.4) is 0 Å². The van der Waals surface area contributed by atoms with Crippen molar-refractivity contribution in [3.63, 3.8) is 0 Å². The largest absolute Gasteiger partial charge is 0.478 e. The van der Waals surface area contributed by atoms with Crippen LogP contribution >= 0.6 is 0 Å². The van der Waals surface area contributed by atoms with Crippen LogP contribution in [0, 0.1) is 0 Å². The lowest BCUT2D eigenvalue weighted by atomic mass is 9.95. The Kier molecular flexibility index (Phi) is 4.59. The Morgan fingerprint density at radius 2 is 1.67 bits per heavy atom. The maximum absolute atomic E-state index is 12.0. The predicted octanol–water partition coefficient (Wildman–Crippen LogP) is 1.48. The highest BCUT2D eigenvalue weighted by atomic mass is 16.4. The molecule has 0 saturated carbocycles. The molecule has 0 unspecified atom stereocenters. The van der Waals surface area contributed by atoms with Gasteiger partial charge < -0.3 is 25.8 Å². The number of rotatable bonds is 5. The topological polar surface area (TPSA) is 137 Å². The minimum absolute atomic E-state index is 0.207. The number of pyridine rings is 1. The monoisotopic (exact) mass is 331 g/mol. The van der Waals surface area contributed by atoms with Crippen molar-refractivity contribution in [2.45, 2.75) is 6.92 Å². The van der Waals surface area contributed by atoms with Gasteiger partial charge in [0, 0.05) is 24.8 Å². The Hall–Kier alpha value is -3.29. The highest BCUT2D eigenvalue weighted by Gasteiger charge is 2.26. The van der Waals surface area contributed by atoms with Gasteiger partial charge in [-0.1, -0.05) is 12.1 Å². The zero-order chi connectivity index (χ0) is 18.0. The number of benzene rings is 1. The van der Waals surface area contributed by atoms with Crippen LogP contribution in [0.5, 0.6) is 0 Å². The number of nitrogens with one attached hydrogen (secondary N) is 1. The molecule has 1 aromatic carbocycles. The minimum atomic E-state index is -1.52. The van der Waals surface area contributed by atoms with Crippen LogP contribution < -0.4 is 16.2 Å². The van der Waals surface area contributed by atoms with Crippen molar-refractivity contribution in [2.75, 3.05) is 24.2 Å². The second-order valence-electron chi connectivity index (χ2n) is 5.16. The van der Waals surface area contributed by atoms with Crippen molar-refractivity contribution in [3.05, 3.63) is 45.7 Å². The first-order valence-corrected chi connectivity index (χ1v) is 7.11. The Bertz CT molecular complexity index is 855. The SMILES string of the molecule is CCN(C)c1ccc(-c2c(C(=O)O)c(N)[nH]c(=O)c2C(=O)O)cc1. The molecular formula is C16H17N3O5. The van der Waals surface area contributed by atoms with E-state index in [4.69, 9.17) is 5.73 Å². The van der Waals surface area contributed by atoms with Crippen LogP contribution in [-0.4, -0.2) is 40.7 Å². The first-order valence-electron chi connectivity index (χ1n) is 7.11. The number of carboxylic acid groups (broad SMARTS) is 2. The van der Waals surface area contributed by atoms with E-state index in [1.54, 1.807) is 24.3 Å². The van der Waals surface area contributed by atoms with Crippen LogP contribution in [0.2, 0.25) is 0 Å². The molecule has 0 spiro atoms. The molecule has 0 atom stereocenters. The Labute approximate surface area is 137 Å². The number of anilines is 2. The van der Waals surface area contributed by atoms with Crippen molar-refractivity contribution in [1.29, 1.82) is 0 Å². The molecule has 5 N–H and O–H groups in total. The van der Waals surface area contributed by atoms with Crippen LogP contribution in [0.1, 0.15) is 27.6 Å². The predicted molar refractivity (Wildman–Crippen MR) is 89.8 cm³/mol. The van der Waals surface area contributed by atoms with E-state index in [1.165, 1.54) is 0 Å². The fourth-order valence-electron chi connectivity index (χ4n) is 2.40. The number of aromatic amines is 1. The second kappa shape index (κ2) is 6.45. The average Bonchev–Trinajstić information content (AvgIpc) is 2.52. The van der Waals surface area contributed by atoms with Gasteiger partial charge in [-0.15, -0.1) is 0 Å². The molecule has 8 nitrogen and oxygen atoms in total. The third-order valence-corrected chi connectivity index (χ3v) is 3.74. The summed E-state index contributed by atoms with van der Waals surface area (Å²) >= 11 is 0. The summed E-state index contributed by atoms with van der Waals surface area (Å²) in [6, 6.07) is 6.56. The molecule has 0 bridgehead atoms. The number of aromatic carboxylic acids is 2. The summed E-state index contributed by atoms with van der Waals surface area (Å²) in [5.41, 5.74) is 4.50. The molecule has 0 aliphatic heterocycles. The molecule has 0 radical (unpaired) electrons. The molecule has 2 rings (SSSR count). The van der Waals surface area contributed by atoms with Crippen molar-refractivity contribution in [3.8, 4) is 11.1 Å². The number of nitrogen functional groups attached to an aromatic ring is 1. The van der Waals surface area contributed by atoms with Gasteiger partial charge in [-0.2, -0.15) is 0 Å². The number of carbonyl (C=O) groups is 2. The standard InChI is InChI=1S/C16H17N3O5/c1-3-19(2)9-6-4-8(5-7-9)10-11(15(21)22)13(17)18-14(20)12(10)16(23)24/h4-7H,3H2,1-2H3,(H,21,22)(H,23,24)(H3,17,18,20). The zero-order valence-electron chi connectivity index (χ0n) is 13.2. The molecule has 1 heterocycles. The number of carboxylic acids is 2. The Morgan fingerprint density at radius 1 is 1.12 bits per heavy atom. The van der Waals surface area contributed by atoms with E-state index in [0.717, 1.165) is 12.2 Å². The molecule has 0 saturated heterocycles. The summed E-state index contributed by atoms with van der Waals surface area (Å²) < 4.78 is 0. The van der Waals surface area contributed by atoms with E-state index in [0.29, 0.717) is 0 Å². The molecule has 0 fully saturated rings. The molecule has 0 amide bonds. The van der Waals surface area contributed by atoms with E-state index in [1.807, 2.05) is 18.9 Å². The van der Waals surface area contributed by atoms with E-state index < -0.39 is 28.6 Å². The van der Waals surface area contributed by atoms with Crippen LogP contribution in [0.25, 0.3) is 11.1 Å². The van der Waals surface area contributed by atoms with Gasteiger partial charge >= 0.3 is 11.9 Å². The number of nitrogens with two attached hydrogens (primary N) is 1. The Morgan fingerprint density at radius 3 is 2.12 bits per heavy atom. The normalized spacial score (nSPS) is 10.4. The minimum Gasteiger partial charge on any atom is -0.478 e. The van der Waals surface area contributed by atoms with Gasteiger partial charge in [0.2, 0.25) is 0 Å². The third-order valence-electron chi connectivity index (χ3n) is 3.74. The molecule has 24 heavy (non-hydrogen) atoms. The van der Waals surface area contributed by atoms with Crippen LogP contribution in [-0.2, 0) is 0 Å². The maximum Gasteiger partial charge on any atom is 0.342 e. The van der Waals surface area contributed by atoms with Gasteiger partial charge in [0.1, 0.15) is 16.9 Å². The quantitative estimate of drug-likeness (QED) is 0.651. The van der Waals surface area contributed by atoms with Gasteiger partial charge in [-0.3, -0.25) is 4.79 Å². The highest BCUT2D eigenvalue weighted by Crippen LogP contribution is 2.30. The first-order chi connectivity index (χ1) is 11.3. The second-order valence-corrected chi connectivity index (χ2v) is 5.16. The van der Waals surface area contributed by atoms with E-state index in [9.17, 15) is 24.6 Å². The van der Waals surface area contributed by atoms with Crippen molar-refractivity contribution >= 4 is 23.4 Å². The summed E-state index contributed by atoms with van der Waals surface area (Å²) in [5.74, 6) is -3.33. The lowest BCUT2D eigenvalue weighted by Crippen LogP contribution is -2.24. The molecule has 126 valence electrons. The Balaban J connectivity index is 2.78. The summed E-state index contributed by atoms with van der Waals surface area (Å²) in [7, 11) is 1.88. The van der Waals surface area contributed by atoms with Gasteiger partial charge in [0.15, 0.2) is 0 Å².